The summed E-state index contributed by atoms with van der Waals surface area (Å²) in [7, 11) is 0. The number of unbranched alkanes of at least 4 members (excludes halogenated alkanes) is 2. The van der Waals surface area contributed by atoms with Crippen molar-refractivity contribution in [2.24, 2.45) is 10.8 Å². The van der Waals surface area contributed by atoms with E-state index in [1.807, 2.05) is 0 Å². The maximum atomic E-state index is 12.0. The largest absolute Gasteiger partial charge is 0.233 e. The van der Waals surface area contributed by atoms with Gasteiger partial charge < -0.3 is 0 Å². The second-order valence-electron chi connectivity index (χ2n) is 7.21. The highest BCUT2D eigenvalue weighted by Gasteiger charge is 2.25. The molecule has 0 aromatic rings. The van der Waals surface area contributed by atoms with Crippen molar-refractivity contribution < 1.29 is 5.11 Å². The van der Waals surface area contributed by atoms with Crippen molar-refractivity contribution in [3.05, 3.63) is 0 Å². The molecule has 1 unspecified atom stereocenters. The van der Waals surface area contributed by atoms with Gasteiger partial charge in [0.15, 0.2) is 0 Å². The fourth-order valence-electron chi connectivity index (χ4n) is 2.33. The van der Waals surface area contributed by atoms with Gasteiger partial charge in [0, 0.05) is 0 Å². The molecule has 1 radical (unpaired) electrons. The van der Waals surface area contributed by atoms with Gasteiger partial charge in [-0.2, -0.15) is 0 Å². The van der Waals surface area contributed by atoms with Crippen molar-refractivity contribution in [1.82, 2.24) is 0 Å². The number of hydrogen-bond donors (Lipinski definition) is 0. The van der Waals surface area contributed by atoms with Crippen LogP contribution in [0.2, 0.25) is 0 Å². The van der Waals surface area contributed by atoms with Crippen LogP contribution in [0.3, 0.4) is 0 Å². The third-order valence-electron chi connectivity index (χ3n) is 3.08. The Kier molecular flexibility index (Phi) is 6.62. The SMILES string of the molecule is CCCCCC(C)(C)CC([O])CC(C)(C)C. The normalized spacial score (nSPS) is 15.2. The second-order valence-corrected chi connectivity index (χ2v) is 7.21. The molecule has 0 spiro atoms. The monoisotopic (exact) mass is 227 g/mol. The molecule has 0 heterocycles. The molecule has 0 fully saturated rings. The van der Waals surface area contributed by atoms with Gasteiger partial charge in [-0.25, -0.2) is 5.11 Å². The Labute approximate surface area is 103 Å². The third kappa shape index (κ3) is 9.21. The van der Waals surface area contributed by atoms with Gasteiger partial charge >= 0.3 is 0 Å². The average Bonchev–Trinajstić information content (AvgIpc) is 1.98. The molecule has 0 aliphatic rings. The van der Waals surface area contributed by atoms with Crippen LogP contribution in [-0.4, -0.2) is 6.10 Å². The predicted octanol–water partition coefficient (Wildman–Crippen LogP) is 5.22. The summed E-state index contributed by atoms with van der Waals surface area (Å²) in [5.41, 5.74) is 0.402. The summed E-state index contributed by atoms with van der Waals surface area (Å²) < 4.78 is 0. The molecule has 0 aromatic carbocycles. The molecule has 0 aliphatic heterocycles. The van der Waals surface area contributed by atoms with Crippen molar-refractivity contribution in [3.63, 3.8) is 0 Å². The van der Waals surface area contributed by atoms with Crippen molar-refractivity contribution in [3.8, 4) is 0 Å². The minimum atomic E-state index is -0.392. The fraction of sp³-hybridized carbons (Fsp3) is 1.00. The molecule has 1 heteroatoms. The van der Waals surface area contributed by atoms with E-state index in [0.29, 0.717) is 0 Å². The highest BCUT2D eigenvalue weighted by molar-refractivity contribution is 4.76. The van der Waals surface area contributed by atoms with Crippen LogP contribution in [-0.2, 0) is 5.11 Å². The van der Waals surface area contributed by atoms with Gasteiger partial charge in [0.1, 0.15) is 0 Å². The van der Waals surface area contributed by atoms with Crippen LogP contribution in [0.4, 0.5) is 0 Å². The van der Waals surface area contributed by atoms with Gasteiger partial charge in [0.25, 0.3) is 0 Å². The van der Waals surface area contributed by atoms with Crippen LogP contribution in [0.5, 0.6) is 0 Å². The first-order valence-corrected chi connectivity index (χ1v) is 6.82. The topological polar surface area (TPSA) is 19.9 Å². The van der Waals surface area contributed by atoms with Crippen LogP contribution in [0.25, 0.3) is 0 Å². The molecule has 1 nitrogen and oxygen atoms in total. The number of rotatable bonds is 7. The van der Waals surface area contributed by atoms with Gasteiger partial charge in [0.05, 0.1) is 6.10 Å². The summed E-state index contributed by atoms with van der Waals surface area (Å²) in [5.74, 6) is 0. The van der Waals surface area contributed by atoms with Crippen LogP contribution in [0.15, 0.2) is 0 Å². The minimum Gasteiger partial charge on any atom is -0.233 e. The number of hydrogen-bond acceptors (Lipinski definition) is 0. The van der Waals surface area contributed by atoms with E-state index in [9.17, 15) is 5.11 Å². The second kappa shape index (κ2) is 6.64. The lowest BCUT2D eigenvalue weighted by Gasteiger charge is -2.29. The van der Waals surface area contributed by atoms with Gasteiger partial charge in [0.2, 0.25) is 0 Å². The lowest BCUT2D eigenvalue weighted by molar-refractivity contribution is 0.0155. The maximum Gasteiger partial charge on any atom is 0.0940 e. The Hall–Kier alpha value is -0.0400. The Morgan fingerprint density at radius 3 is 1.94 bits per heavy atom. The van der Waals surface area contributed by atoms with E-state index in [4.69, 9.17) is 0 Å². The highest BCUT2D eigenvalue weighted by atomic mass is 16.3. The zero-order chi connectivity index (χ0) is 12.8. The van der Waals surface area contributed by atoms with Crippen LogP contribution < -0.4 is 0 Å². The first kappa shape index (κ1) is 16.0. The minimum absolute atomic E-state index is 0.173. The molecule has 0 saturated heterocycles. The van der Waals surface area contributed by atoms with Gasteiger partial charge in [-0.05, 0) is 30.1 Å². The van der Waals surface area contributed by atoms with E-state index in [1.165, 1.54) is 25.7 Å². The first-order chi connectivity index (χ1) is 7.16. The van der Waals surface area contributed by atoms with E-state index >= 15 is 0 Å². The van der Waals surface area contributed by atoms with E-state index in [-0.39, 0.29) is 10.8 Å². The zero-order valence-corrected chi connectivity index (χ0v) is 12.2. The fourth-order valence-corrected chi connectivity index (χ4v) is 2.33. The molecule has 0 N–H and O–H groups in total. The Morgan fingerprint density at radius 1 is 0.938 bits per heavy atom. The smallest absolute Gasteiger partial charge is 0.0940 e. The zero-order valence-electron chi connectivity index (χ0n) is 12.2. The third-order valence-corrected chi connectivity index (χ3v) is 3.08. The van der Waals surface area contributed by atoms with Crippen molar-refractivity contribution in [2.45, 2.75) is 86.2 Å². The molecular weight excluding hydrogens is 196 g/mol. The summed E-state index contributed by atoms with van der Waals surface area (Å²) in [6, 6.07) is 0. The first-order valence-electron chi connectivity index (χ1n) is 6.82. The van der Waals surface area contributed by atoms with Gasteiger partial charge in [-0.1, -0.05) is 60.8 Å². The summed E-state index contributed by atoms with van der Waals surface area (Å²) in [4.78, 5) is 0. The molecule has 0 aliphatic carbocycles. The standard InChI is InChI=1S/C15H31O/c1-7-8-9-10-15(5,6)12-13(16)11-14(2,3)4/h13H,7-12H2,1-6H3. The molecule has 97 valence electrons. The summed E-state index contributed by atoms with van der Waals surface area (Å²) in [6.07, 6.45) is 6.26. The molecule has 0 rings (SSSR count). The highest BCUT2D eigenvalue weighted by Crippen LogP contribution is 2.33. The predicted molar refractivity (Wildman–Crippen MR) is 71.1 cm³/mol. The summed E-state index contributed by atoms with van der Waals surface area (Å²) in [6.45, 7) is 13.2. The van der Waals surface area contributed by atoms with Crippen LogP contribution in [0, 0.1) is 10.8 Å². The molecule has 0 saturated carbocycles. The van der Waals surface area contributed by atoms with E-state index in [2.05, 4.69) is 41.5 Å². The van der Waals surface area contributed by atoms with Gasteiger partial charge in [-0.15, -0.1) is 0 Å². The van der Waals surface area contributed by atoms with Crippen molar-refractivity contribution >= 4 is 0 Å². The average molecular weight is 227 g/mol. The van der Waals surface area contributed by atoms with Crippen LogP contribution >= 0.6 is 0 Å². The van der Waals surface area contributed by atoms with E-state index < -0.39 is 6.10 Å². The van der Waals surface area contributed by atoms with E-state index in [0.717, 1.165) is 12.8 Å². The van der Waals surface area contributed by atoms with E-state index in [1.54, 1.807) is 0 Å². The lowest BCUT2D eigenvalue weighted by Crippen LogP contribution is -2.24. The summed E-state index contributed by atoms with van der Waals surface area (Å²) in [5, 5.41) is 12.0. The van der Waals surface area contributed by atoms with Gasteiger partial charge in [-0.3, -0.25) is 0 Å². The maximum absolute atomic E-state index is 12.0. The molecule has 0 amide bonds. The molecular formula is C15H31O. The lowest BCUT2D eigenvalue weighted by atomic mass is 9.78. The van der Waals surface area contributed by atoms with Crippen molar-refractivity contribution in [1.29, 1.82) is 0 Å². The van der Waals surface area contributed by atoms with Crippen molar-refractivity contribution in [2.75, 3.05) is 0 Å². The Morgan fingerprint density at radius 2 is 1.50 bits per heavy atom. The van der Waals surface area contributed by atoms with Crippen LogP contribution in [0.1, 0.15) is 80.1 Å². The summed E-state index contributed by atoms with van der Waals surface area (Å²) >= 11 is 0. The molecule has 0 bridgehead atoms. The molecule has 1 atom stereocenters. The Bertz CT molecular complexity index is 176. The molecule has 16 heavy (non-hydrogen) atoms. The Balaban J connectivity index is 3.94. The molecule has 0 aromatic heterocycles. The quantitative estimate of drug-likeness (QED) is 0.531.